The van der Waals surface area contributed by atoms with Crippen LogP contribution in [0.2, 0.25) is 0 Å². The van der Waals surface area contributed by atoms with Crippen molar-refractivity contribution in [2.75, 3.05) is 19.8 Å². The highest BCUT2D eigenvalue weighted by Gasteiger charge is 2.25. The topological polar surface area (TPSA) is 108 Å². The van der Waals surface area contributed by atoms with Crippen molar-refractivity contribution >= 4 is 19.8 Å². The summed E-state index contributed by atoms with van der Waals surface area (Å²) in [6.45, 7) is 5.30. The lowest BCUT2D eigenvalue weighted by Crippen LogP contribution is -2.29. The summed E-state index contributed by atoms with van der Waals surface area (Å²) in [4.78, 5) is 34.7. The lowest BCUT2D eigenvalue weighted by Gasteiger charge is -2.19. The number of carbonyl (C=O) groups excluding carboxylic acids is 2. The van der Waals surface area contributed by atoms with Gasteiger partial charge in [0.15, 0.2) is 6.10 Å². The molecule has 9 heteroatoms. The van der Waals surface area contributed by atoms with Crippen LogP contribution in [0.25, 0.3) is 0 Å². The number of allylic oxidation sites excluding steroid dienone is 10. The van der Waals surface area contributed by atoms with Crippen molar-refractivity contribution in [3.63, 3.8) is 0 Å². The van der Waals surface area contributed by atoms with Crippen LogP contribution in [0.3, 0.4) is 0 Å². The quantitative estimate of drug-likeness (QED) is 0.0289. The molecule has 0 aliphatic rings. The van der Waals surface area contributed by atoms with Gasteiger partial charge >= 0.3 is 19.8 Å². The van der Waals surface area contributed by atoms with E-state index in [1.54, 1.807) is 6.92 Å². The smallest absolute Gasteiger partial charge is 0.462 e. The predicted molar refractivity (Wildman–Crippen MR) is 216 cm³/mol. The van der Waals surface area contributed by atoms with Crippen LogP contribution in [0.5, 0.6) is 0 Å². The van der Waals surface area contributed by atoms with Crippen LogP contribution in [0.1, 0.15) is 175 Å². The van der Waals surface area contributed by atoms with E-state index in [0.717, 1.165) is 103 Å². The Labute approximate surface area is 318 Å². The molecule has 8 nitrogen and oxygen atoms in total. The SMILES string of the molecule is CC/C=C\C/C=C\C/C=C\C/C=C\CCCCCCCCC(=O)OC(COC(=O)CCCCCCC/C=C\CCCCCC)COP(=O)(O)OCC. The van der Waals surface area contributed by atoms with Crippen molar-refractivity contribution in [2.24, 2.45) is 0 Å². The summed E-state index contributed by atoms with van der Waals surface area (Å²) in [7, 11) is -4.29. The molecule has 0 radical (unpaired) electrons. The number of phosphoric ester groups is 1. The summed E-state index contributed by atoms with van der Waals surface area (Å²) in [5.41, 5.74) is 0. The Balaban J connectivity index is 4.15. The highest BCUT2D eigenvalue weighted by molar-refractivity contribution is 7.47. The maximum Gasteiger partial charge on any atom is 0.472 e. The van der Waals surface area contributed by atoms with Gasteiger partial charge < -0.3 is 14.4 Å². The Hall–Kier alpha value is -2.25. The molecule has 0 spiro atoms. The zero-order valence-electron chi connectivity index (χ0n) is 33.2. The molecule has 0 saturated carbocycles. The zero-order valence-corrected chi connectivity index (χ0v) is 34.1. The molecule has 300 valence electrons. The van der Waals surface area contributed by atoms with Crippen LogP contribution in [-0.2, 0) is 32.7 Å². The summed E-state index contributed by atoms with van der Waals surface area (Å²) >= 11 is 0. The molecule has 0 rings (SSSR count). The Morgan fingerprint density at radius 1 is 0.538 bits per heavy atom. The molecule has 2 atom stereocenters. The molecular formula is C43H75O8P. The third-order valence-electron chi connectivity index (χ3n) is 8.31. The summed E-state index contributed by atoms with van der Waals surface area (Å²) in [6, 6.07) is 0. The largest absolute Gasteiger partial charge is 0.472 e. The molecule has 0 aliphatic carbocycles. The molecule has 52 heavy (non-hydrogen) atoms. The van der Waals surface area contributed by atoms with Gasteiger partial charge in [0.1, 0.15) is 6.61 Å². The Kier molecular flexibility index (Phi) is 36.8. The minimum Gasteiger partial charge on any atom is -0.462 e. The second kappa shape index (κ2) is 38.5. The van der Waals surface area contributed by atoms with E-state index in [9.17, 15) is 19.0 Å². The minimum atomic E-state index is -4.29. The number of hydrogen-bond donors (Lipinski definition) is 1. The number of esters is 2. The number of phosphoric acid groups is 1. The monoisotopic (exact) mass is 751 g/mol. The molecule has 0 heterocycles. The standard InChI is InChI=1S/C43H75O8P/c1-4-7-9-11-13-15-17-19-20-21-22-23-24-26-28-30-32-34-36-38-43(45)51-41(40-50-52(46,47)49-6-3)39-48-42(44)37-35-33-31-29-27-25-18-16-14-12-10-8-5-2/h7,9,13,15-16,18-20,22-23,41H,4-6,8,10-12,14,17,21,24-40H2,1-3H3,(H,46,47)/b9-7-,15-13-,18-16-,20-19-,23-22-. The summed E-state index contributed by atoms with van der Waals surface area (Å²) < 4.78 is 32.6. The fourth-order valence-corrected chi connectivity index (χ4v) is 6.07. The molecule has 0 bridgehead atoms. The predicted octanol–water partition coefficient (Wildman–Crippen LogP) is 12.8. The van der Waals surface area contributed by atoms with Crippen molar-refractivity contribution < 1.29 is 37.6 Å². The second-order valence-electron chi connectivity index (χ2n) is 13.3. The highest BCUT2D eigenvalue weighted by Crippen LogP contribution is 2.43. The first kappa shape index (κ1) is 49.8. The molecule has 0 aromatic heterocycles. The summed E-state index contributed by atoms with van der Waals surface area (Å²) in [5.74, 6) is -0.828. The molecule has 0 aromatic carbocycles. The van der Waals surface area contributed by atoms with Crippen LogP contribution in [-0.4, -0.2) is 42.8 Å². The van der Waals surface area contributed by atoms with E-state index in [0.29, 0.717) is 6.42 Å². The Morgan fingerprint density at radius 2 is 0.981 bits per heavy atom. The Bertz CT molecular complexity index is 1030. The van der Waals surface area contributed by atoms with Gasteiger partial charge in [-0.25, -0.2) is 4.57 Å². The molecule has 0 amide bonds. The van der Waals surface area contributed by atoms with Gasteiger partial charge in [-0.2, -0.15) is 0 Å². The van der Waals surface area contributed by atoms with Gasteiger partial charge in [0.2, 0.25) is 0 Å². The summed E-state index contributed by atoms with van der Waals surface area (Å²) in [6.07, 6.45) is 45.5. The minimum absolute atomic E-state index is 0.00647. The van der Waals surface area contributed by atoms with Crippen LogP contribution in [0, 0.1) is 0 Å². The molecule has 0 saturated heterocycles. The van der Waals surface area contributed by atoms with Crippen LogP contribution >= 0.6 is 7.82 Å². The molecule has 0 fully saturated rings. The van der Waals surface area contributed by atoms with Crippen LogP contribution < -0.4 is 0 Å². The molecule has 2 unspecified atom stereocenters. The first-order chi connectivity index (χ1) is 25.3. The van der Waals surface area contributed by atoms with E-state index in [4.69, 9.17) is 18.5 Å². The van der Waals surface area contributed by atoms with Crippen LogP contribution in [0.4, 0.5) is 0 Å². The average Bonchev–Trinajstić information content (AvgIpc) is 3.12. The van der Waals surface area contributed by atoms with E-state index in [2.05, 4.69) is 74.6 Å². The number of carbonyl (C=O) groups is 2. The van der Waals surface area contributed by atoms with Crippen molar-refractivity contribution in [3.8, 4) is 0 Å². The van der Waals surface area contributed by atoms with Gasteiger partial charge in [0.25, 0.3) is 0 Å². The normalized spacial score (nSPS) is 14.0. The second-order valence-corrected chi connectivity index (χ2v) is 14.7. The maximum absolute atomic E-state index is 12.5. The first-order valence-corrected chi connectivity index (χ1v) is 22.1. The van der Waals surface area contributed by atoms with Crippen molar-refractivity contribution in [1.29, 1.82) is 0 Å². The summed E-state index contributed by atoms with van der Waals surface area (Å²) in [5, 5.41) is 0. The molecular weight excluding hydrogens is 675 g/mol. The average molecular weight is 751 g/mol. The van der Waals surface area contributed by atoms with Crippen molar-refractivity contribution in [3.05, 3.63) is 60.8 Å². The van der Waals surface area contributed by atoms with E-state index in [1.165, 1.54) is 32.1 Å². The lowest BCUT2D eigenvalue weighted by atomic mass is 10.1. The van der Waals surface area contributed by atoms with E-state index in [-0.39, 0.29) is 32.0 Å². The number of unbranched alkanes of at least 4 members (excludes halogenated alkanes) is 15. The van der Waals surface area contributed by atoms with Crippen molar-refractivity contribution in [1.82, 2.24) is 0 Å². The highest BCUT2D eigenvalue weighted by atomic mass is 31.2. The van der Waals surface area contributed by atoms with Gasteiger partial charge in [0.05, 0.1) is 13.2 Å². The third kappa shape index (κ3) is 37.5. The molecule has 0 aromatic rings. The number of rotatable bonds is 37. The first-order valence-electron chi connectivity index (χ1n) is 20.6. The van der Waals surface area contributed by atoms with Gasteiger partial charge in [0, 0.05) is 12.8 Å². The van der Waals surface area contributed by atoms with Crippen molar-refractivity contribution in [2.45, 2.75) is 181 Å². The fourth-order valence-electron chi connectivity index (χ4n) is 5.32. The fraction of sp³-hybridized carbons (Fsp3) is 0.721. The molecule has 1 N–H and O–H groups in total. The van der Waals surface area contributed by atoms with E-state index >= 15 is 0 Å². The van der Waals surface area contributed by atoms with E-state index < -0.39 is 26.5 Å². The van der Waals surface area contributed by atoms with Crippen LogP contribution in [0.15, 0.2) is 60.8 Å². The van der Waals surface area contributed by atoms with E-state index in [1.807, 2.05) is 0 Å². The number of ether oxygens (including phenoxy) is 2. The van der Waals surface area contributed by atoms with Gasteiger partial charge in [-0.1, -0.05) is 139 Å². The van der Waals surface area contributed by atoms with Gasteiger partial charge in [-0.05, 0) is 84.0 Å². The lowest BCUT2D eigenvalue weighted by molar-refractivity contribution is -0.161. The maximum atomic E-state index is 12.5. The van der Waals surface area contributed by atoms with Gasteiger partial charge in [-0.3, -0.25) is 18.6 Å². The molecule has 0 aliphatic heterocycles. The third-order valence-corrected chi connectivity index (χ3v) is 9.37. The number of hydrogen-bond acceptors (Lipinski definition) is 7. The zero-order chi connectivity index (χ0) is 38.2. The Morgan fingerprint density at radius 3 is 1.50 bits per heavy atom. The van der Waals surface area contributed by atoms with Gasteiger partial charge in [-0.15, -0.1) is 0 Å².